The van der Waals surface area contributed by atoms with Crippen molar-refractivity contribution in [2.24, 2.45) is 0 Å². The van der Waals surface area contributed by atoms with E-state index < -0.39 is 15.8 Å². The molecule has 30 heavy (non-hydrogen) atoms. The molecular weight excluding hydrogens is 416 g/mol. The van der Waals surface area contributed by atoms with Crippen LogP contribution in [-0.4, -0.2) is 42.1 Å². The molecule has 1 heterocycles. The Kier molecular flexibility index (Phi) is 6.60. The number of nitrogens with one attached hydrogen (secondary N) is 1. The van der Waals surface area contributed by atoms with Gasteiger partial charge in [0, 0.05) is 37.4 Å². The number of halogens is 1. The molecule has 0 spiro atoms. The van der Waals surface area contributed by atoms with E-state index in [9.17, 15) is 25.0 Å². The van der Waals surface area contributed by atoms with Gasteiger partial charge in [-0.1, -0.05) is 17.7 Å². The van der Waals surface area contributed by atoms with E-state index in [-0.39, 0.29) is 16.4 Å². The van der Waals surface area contributed by atoms with Gasteiger partial charge in [0.15, 0.2) is 0 Å². The molecular formula is C19H17ClN4O6. The number of nitro benzene ring substituents is 2. The minimum Gasteiger partial charge on any atom is -0.378 e. The third-order valence-corrected chi connectivity index (χ3v) is 4.72. The number of morpholine rings is 1. The molecule has 1 amide bonds. The monoisotopic (exact) mass is 432 g/mol. The van der Waals surface area contributed by atoms with Crippen LogP contribution < -0.4 is 10.2 Å². The molecule has 1 N–H and O–H groups in total. The molecule has 1 saturated heterocycles. The van der Waals surface area contributed by atoms with Crippen molar-refractivity contribution in [1.82, 2.24) is 0 Å². The molecule has 3 rings (SSSR count). The zero-order chi connectivity index (χ0) is 21.7. The Bertz CT molecular complexity index is 1020. The van der Waals surface area contributed by atoms with E-state index >= 15 is 0 Å². The highest BCUT2D eigenvalue weighted by atomic mass is 35.5. The lowest BCUT2D eigenvalue weighted by Crippen LogP contribution is -2.36. The summed E-state index contributed by atoms with van der Waals surface area (Å²) in [6, 6.07) is 8.38. The van der Waals surface area contributed by atoms with E-state index in [4.69, 9.17) is 16.3 Å². The van der Waals surface area contributed by atoms with Crippen LogP contribution in [0.5, 0.6) is 0 Å². The number of anilines is 2. The van der Waals surface area contributed by atoms with Crippen LogP contribution in [-0.2, 0) is 9.53 Å². The summed E-state index contributed by atoms with van der Waals surface area (Å²) in [5.74, 6) is -0.490. The van der Waals surface area contributed by atoms with Gasteiger partial charge in [-0.2, -0.15) is 0 Å². The molecule has 0 bridgehead atoms. The Morgan fingerprint density at radius 2 is 1.83 bits per heavy atom. The molecule has 156 valence electrons. The molecule has 0 aliphatic carbocycles. The number of amides is 1. The number of carbonyl (C=O) groups excluding carboxylic acids is 1. The zero-order valence-corrected chi connectivity index (χ0v) is 16.4. The minimum absolute atomic E-state index is 0.00244. The van der Waals surface area contributed by atoms with Crippen LogP contribution in [0.25, 0.3) is 6.08 Å². The van der Waals surface area contributed by atoms with Gasteiger partial charge in [-0.15, -0.1) is 0 Å². The molecule has 10 nitrogen and oxygen atoms in total. The fourth-order valence-corrected chi connectivity index (χ4v) is 3.11. The van der Waals surface area contributed by atoms with E-state index in [0.717, 1.165) is 0 Å². The second-order valence-corrected chi connectivity index (χ2v) is 6.76. The standard InChI is InChI=1S/C19H17ClN4O6/c20-15-4-1-13(11-17(15)24(28)29)2-6-19(25)21-16-5-3-14(23(26)27)12-18(16)22-7-9-30-10-8-22/h1-6,11-12H,7-10H2,(H,21,25)/b6-2+. The Hall–Kier alpha value is -3.50. The van der Waals surface area contributed by atoms with Crippen LogP contribution in [0.15, 0.2) is 42.5 Å². The first kappa shape index (κ1) is 21.2. The van der Waals surface area contributed by atoms with E-state index in [0.29, 0.717) is 43.2 Å². The highest BCUT2D eigenvalue weighted by Gasteiger charge is 2.19. The van der Waals surface area contributed by atoms with Gasteiger partial charge in [-0.05, 0) is 23.8 Å². The Labute approximate surface area is 176 Å². The van der Waals surface area contributed by atoms with Gasteiger partial charge in [0.25, 0.3) is 11.4 Å². The number of nitrogens with zero attached hydrogens (tertiary/aromatic N) is 3. The van der Waals surface area contributed by atoms with E-state index in [1.165, 1.54) is 42.5 Å². The number of hydrogen-bond donors (Lipinski definition) is 1. The van der Waals surface area contributed by atoms with Gasteiger partial charge in [0.1, 0.15) is 5.02 Å². The fourth-order valence-electron chi connectivity index (χ4n) is 2.92. The van der Waals surface area contributed by atoms with E-state index in [1.54, 1.807) is 6.07 Å². The lowest BCUT2D eigenvalue weighted by Gasteiger charge is -2.30. The summed E-state index contributed by atoms with van der Waals surface area (Å²) < 4.78 is 5.31. The quantitative estimate of drug-likeness (QED) is 0.419. The summed E-state index contributed by atoms with van der Waals surface area (Å²) in [5.41, 5.74) is 1.02. The molecule has 1 aliphatic rings. The van der Waals surface area contributed by atoms with Gasteiger partial charge < -0.3 is 15.0 Å². The van der Waals surface area contributed by atoms with E-state index in [2.05, 4.69) is 5.32 Å². The first-order chi connectivity index (χ1) is 14.3. The maximum absolute atomic E-state index is 12.4. The smallest absolute Gasteiger partial charge is 0.288 e. The summed E-state index contributed by atoms with van der Waals surface area (Å²) >= 11 is 5.78. The number of benzene rings is 2. The number of ether oxygens (including phenoxy) is 1. The molecule has 0 unspecified atom stereocenters. The number of carbonyl (C=O) groups is 1. The maximum atomic E-state index is 12.4. The highest BCUT2D eigenvalue weighted by molar-refractivity contribution is 6.32. The Morgan fingerprint density at radius 1 is 1.10 bits per heavy atom. The first-order valence-corrected chi connectivity index (χ1v) is 9.27. The van der Waals surface area contributed by atoms with Crippen LogP contribution in [0, 0.1) is 20.2 Å². The largest absolute Gasteiger partial charge is 0.378 e. The summed E-state index contributed by atoms with van der Waals surface area (Å²) in [7, 11) is 0. The minimum atomic E-state index is -0.606. The van der Waals surface area contributed by atoms with Crippen molar-refractivity contribution in [3.63, 3.8) is 0 Å². The van der Waals surface area contributed by atoms with Crippen LogP contribution in [0.2, 0.25) is 5.02 Å². The van der Waals surface area contributed by atoms with Crippen molar-refractivity contribution in [3.05, 3.63) is 73.3 Å². The van der Waals surface area contributed by atoms with Crippen LogP contribution in [0.4, 0.5) is 22.7 Å². The number of non-ortho nitro benzene ring substituents is 1. The molecule has 0 radical (unpaired) electrons. The molecule has 2 aromatic rings. The lowest BCUT2D eigenvalue weighted by molar-refractivity contribution is -0.384. The SMILES string of the molecule is O=C(/C=C/c1ccc(Cl)c([N+](=O)[O-])c1)Nc1ccc([N+](=O)[O-])cc1N1CCOCC1. The second-order valence-electron chi connectivity index (χ2n) is 6.35. The summed E-state index contributed by atoms with van der Waals surface area (Å²) in [6.07, 6.45) is 2.63. The van der Waals surface area contributed by atoms with Gasteiger partial charge >= 0.3 is 0 Å². The van der Waals surface area contributed by atoms with Crippen molar-refractivity contribution in [2.45, 2.75) is 0 Å². The van der Waals surface area contributed by atoms with Crippen LogP contribution >= 0.6 is 11.6 Å². The summed E-state index contributed by atoms with van der Waals surface area (Å²) in [6.45, 7) is 2.03. The number of hydrogen-bond acceptors (Lipinski definition) is 7. The third-order valence-electron chi connectivity index (χ3n) is 4.40. The molecule has 0 saturated carbocycles. The molecule has 0 atom stereocenters. The van der Waals surface area contributed by atoms with Crippen molar-refractivity contribution < 1.29 is 19.4 Å². The first-order valence-electron chi connectivity index (χ1n) is 8.89. The number of nitro groups is 2. The second kappa shape index (κ2) is 9.33. The average molecular weight is 433 g/mol. The normalized spacial score (nSPS) is 14.0. The topological polar surface area (TPSA) is 128 Å². The highest BCUT2D eigenvalue weighted by Crippen LogP contribution is 2.31. The maximum Gasteiger partial charge on any atom is 0.288 e. The van der Waals surface area contributed by atoms with Gasteiger partial charge in [-0.25, -0.2) is 0 Å². The zero-order valence-electron chi connectivity index (χ0n) is 15.6. The molecule has 2 aromatic carbocycles. The molecule has 0 aromatic heterocycles. The third kappa shape index (κ3) is 5.10. The van der Waals surface area contributed by atoms with Crippen molar-refractivity contribution >= 4 is 46.3 Å². The van der Waals surface area contributed by atoms with Gasteiger partial charge in [0.05, 0.1) is 34.4 Å². The summed E-state index contributed by atoms with van der Waals surface area (Å²) in [5, 5.41) is 24.8. The van der Waals surface area contributed by atoms with Gasteiger partial charge in [-0.3, -0.25) is 25.0 Å². The van der Waals surface area contributed by atoms with Crippen molar-refractivity contribution in [1.29, 1.82) is 0 Å². The van der Waals surface area contributed by atoms with Crippen LogP contribution in [0.3, 0.4) is 0 Å². The fraction of sp³-hybridized carbons (Fsp3) is 0.211. The Morgan fingerprint density at radius 3 is 2.50 bits per heavy atom. The summed E-state index contributed by atoms with van der Waals surface area (Å²) in [4.78, 5) is 35.3. The Balaban J connectivity index is 1.80. The predicted octanol–water partition coefficient (Wildman–Crippen LogP) is 3.64. The molecule has 11 heteroatoms. The number of rotatable bonds is 6. The van der Waals surface area contributed by atoms with Crippen LogP contribution in [0.1, 0.15) is 5.56 Å². The molecule has 1 fully saturated rings. The molecule has 1 aliphatic heterocycles. The predicted molar refractivity (Wildman–Crippen MR) is 112 cm³/mol. The van der Waals surface area contributed by atoms with Crippen molar-refractivity contribution in [2.75, 3.05) is 36.5 Å². The van der Waals surface area contributed by atoms with Gasteiger partial charge in [0.2, 0.25) is 5.91 Å². The van der Waals surface area contributed by atoms with Crippen molar-refractivity contribution in [3.8, 4) is 0 Å². The lowest BCUT2D eigenvalue weighted by atomic mass is 10.1. The van der Waals surface area contributed by atoms with E-state index in [1.807, 2.05) is 4.90 Å². The average Bonchev–Trinajstić information content (AvgIpc) is 2.73.